The molecule has 0 saturated heterocycles. The monoisotopic (exact) mass is 531 g/mol. The lowest BCUT2D eigenvalue weighted by Crippen LogP contribution is -2.30. The highest BCUT2D eigenvalue weighted by Crippen LogP contribution is 2.37. The summed E-state index contributed by atoms with van der Waals surface area (Å²) in [4.78, 5) is 24.1. The third-order valence-electron chi connectivity index (χ3n) is 7.74. The molecule has 1 aliphatic rings. The third kappa shape index (κ3) is 4.80. The standard InChI is InChI=1S/C33H33N5O2/c1-4-26-19(2)32(37-20(26)3)14-29-28-13-21(9-10-31(28)38-33(29)39)22-12-25(17-35-15-22)40-18-24(34)11-23-16-36-30-8-6-5-7-27(23)30/h5-10,12-17,24,36-37H,4,11,18,34H2,1-3H3,(H,38,39). The van der Waals surface area contributed by atoms with Gasteiger partial charge in [-0.1, -0.05) is 31.2 Å². The SMILES string of the molecule is CCc1c(C)[nH]c(C=C2C(=O)Nc3ccc(-c4cncc(OCC(N)Cc5c[nH]c6ccccc56)c4)cc32)c1C. The van der Waals surface area contributed by atoms with E-state index in [0.717, 1.165) is 45.7 Å². The van der Waals surface area contributed by atoms with Gasteiger partial charge in [0.05, 0.1) is 11.8 Å². The summed E-state index contributed by atoms with van der Waals surface area (Å²) in [6.07, 6.45) is 9.14. The molecule has 7 nitrogen and oxygen atoms in total. The van der Waals surface area contributed by atoms with Crippen molar-refractivity contribution in [1.29, 1.82) is 0 Å². The molecule has 0 radical (unpaired) electrons. The maximum absolute atomic E-state index is 12.9. The van der Waals surface area contributed by atoms with E-state index < -0.39 is 0 Å². The van der Waals surface area contributed by atoms with Gasteiger partial charge in [0.25, 0.3) is 5.91 Å². The number of hydrogen-bond acceptors (Lipinski definition) is 4. The fourth-order valence-corrected chi connectivity index (χ4v) is 5.65. The number of carbonyl (C=O) groups is 1. The predicted molar refractivity (Wildman–Crippen MR) is 161 cm³/mol. The fraction of sp³-hybridized carbons (Fsp3) is 0.212. The molecule has 4 heterocycles. The molecule has 1 unspecified atom stereocenters. The third-order valence-corrected chi connectivity index (χ3v) is 7.74. The highest BCUT2D eigenvalue weighted by molar-refractivity contribution is 6.35. The summed E-state index contributed by atoms with van der Waals surface area (Å²) < 4.78 is 6.06. The van der Waals surface area contributed by atoms with Crippen molar-refractivity contribution in [3.05, 3.63) is 101 Å². The van der Waals surface area contributed by atoms with Crippen LogP contribution in [0.3, 0.4) is 0 Å². The lowest BCUT2D eigenvalue weighted by atomic mass is 9.99. The Balaban J connectivity index is 1.20. The van der Waals surface area contributed by atoms with E-state index >= 15 is 0 Å². The molecule has 7 heteroatoms. The van der Waals surface area contributed by atoms with Crippen LogP contribution in [-0.2, 0) is 17.6 Å². The Morgan fingerprint density at radius 3 is 2.75 bits per heavy atom. The molecule has 1 aliphatic heterocycles. The number of aromatic amines is 2. The Labute approximate surface area is 233 Å². The first-order chi connectivity index (χ1) is 19.4. The van der Waals surface area contributed by atoms with Crippen LogP contribution in [0.25, 0.3) is 33.7 Å². The number of benzene rings is 2. The number of nitrogens with two attached hydrogens (primary N) is 1. The van der Waals surface area contributed by atoms with Gasteiger partial charge in [-0.05, 0) is 79.3 Å². The summed E-state index contributed by atoms with van der Waals surface area (Å²) in [5.74, 6) is 0.554. The zero-order valence-corrected chi connectivity index (χ0v) is 23.0. The smallest absolute Gasteiger partial charge is 0.256 e. The van der Waals surface area contributed by atoms with Crippen LogP contribution in [0, 0.1) is 13.8 Å². The Morgan fingerprint density at radius 2 is 1.93 bits per heavy atom. The van der Waals surface area contributed by atoms with Crippen molar-refractivity contribution in [2.24, 2.45) is 5.73 Å². The number of H-pyrrole nitrogens is 2. The zero-order valence-electron chi connectivity index (χ0n) is 23.0. The molecule has 1 amide bonds. The van der Waals surface area contributed by atoms with Gasteiger partial charge in [-0.3, -0.25) is 9.78 Å². The molecule has 6 rings (SSSR count). The van der Waals surface area contributed by atoms with Gasteiger partial charge in [-0.2, -0.15) is 0 Å². The molecule has 0 bridgehead atoms. The number of amides is 1. The van der Waals surface area contributed by atoms with Gasteiger partial charge in [0.1, 0.15) is 12.4 Å². The van der Waals surface area contributed by atoms with Crippen LogP contribution < -0.4 is 15.8 Å². The molecule has 40 heavy (non-hydrogen) atoms. The molecule has 202 valence electrons. The number of nitrogens with zero attached hydrogens (tertiary/aromatic N) is 1. The van der Waals surface area contributed by atoms with Gasteiger partial charge in [-0.25, -0.2) is 0 Å². The zero-order chi connectivity index (χ0) is 27.8. The highest BCUT2D eigenvalue weighted by atomic mass is 16.5. The number of aryl methyl sites for hydroxylation is 1. The Bertz CT molecular complexity index is 1760. The number of rotatable bonds is 8. The Hall–Kier alpha value is -4.62. The van der Waals surface area contributed by atoms with Crippen LogP contribution in [0.2, 0.25) is 0 Å². The number of anilines is 1. The maximum Gasteiger partial charge on any atom is 0.256 e. The van der Waals surface area contributed by atoms with Crippen LogP contribution in [-0.4, -0.2) is 33.5 Å². The van der Waals surface area contributed by atoms with Crippen molar-refractivity contribution in [1.82, 2.24) is 15.0 Å². The van der Waals surface area contributed by atoms with Gasteiger partial charge in [0.2, 0.25) is 0 Å². The molecule has 5 N–H and O–H groups in total. The minimum absolute atomic E-state index is 0.101. The van der Waals surface area contributed by atoms with E-state index in [4.69, 9.17) is 10.5 Å². The predicted octanol–water partition coefficient (Wildman–Crippen LogP) is 6.18. The van der Waals surface area contributed by atoms with E-state index in [1.54, 1.807) is 12.4 Å². The second-order valence-corrected chi connectivity index (χ2v) is 10.4. The average Bonchev–Trinajstić information content (AvgIpc) is 3.60. The summed E-state index contributed by atoms with van der Waals surface area (Å²) in [6.45, 7) is 6.69. The lowest BCUT2D eigenvalue weighted by Gasteiger charge is -2.13. The molecule has 0 aliphatic carbocycles. The largest absolute Gasteiger partial charge is 0.490 e. The molecule has 0 saturated carbocycles. The summed E-state index contributed by atoms with van der Waals surface area (Å²) in [5.41, 5.74) is 17.5. The maximum atomic E-state index is 12.9. The number of carbonyl (C=O) groups excluding carboxylic acids is 1. The first-order valence-corrected chi connectivity index (χ1v) is 13.7. The Morgan fingerprint density at radius 1 is 1.07 bits per heavy atom. The first-order valence-electron chi connectivity index (χ1n) is 13.7. The van der Waals surface area contributed by atoms with Crippen LogP contribution >= 0.6 is 0 Å². The van der Waals surface area contributed by atoms with Crippen LogP contribution in [0.15, 0.2) is 67.1 Å². The quantitative estimate of drug-likeness (QED) is 0.179. The summed E-state index contributed by atoms with van der Waals surface area (Å²) >= 11 is 0. The van der Waals surface area contributed by atoms with E-state index in [1.807, 2.05) is 48.7 Å². The minimum Gasteiger partial charge on any atom is -0.490 e. The van der Waals surface area contributed by atoms with Crippen molar-refractivity contribution >= 4 is 34.1 Å². The number of para-hydroxylation sites is 1. The van der Waals surface area contributed by atoms with Gasteiger partial charge in [-0.15, -0.1) is 0 Å². The molecule has 1 atom stereocenters. The molecule has 5 aromatic rings. The molecule has 0 spiro atoms. The molecule has 0 fully saturated rings. The van der Waals surface area contributed by atoms with E-state index in [9.17, 15) is 4.79 Å². The van der Waals surface area contributed by atoms with Gasteiger partial charge >= 0.3 is 0 Å². The first kappa shape index (κ1) is 25.6. The van der Waals surface area contributed by atoms with Crippen molar-refractivity contribution in [2.75, 3.05) is 11.9 Å². The topological polar surface area (TPSA) is 109 Å². The van der Waals surface area contributed by atoms with E-state index in [2.05, 4.69) is 53.2 Å². The Kier molecular flexibility index (Phi) is 6.74. The molecule has 3 aromatic heterocycles. The van der Waals surface area contributed by atoms with Crippen molar-refractivity contribution in [3.8, 4) is 16.9 Å². The molecular formula is C33H33N5O2. The van der Waals surface area contributed by atoms with Crippen LogP contribution in [0.4, 0.5) is 5.69 Å². The van der Waals surface area contributed by atoms with E-state index in [0.29, 0.717) is 24.4 Å². The van der Waals surface area contributed by atoms with Crippen LogP contribution in [0.1, 0.15) is 40.6 Å². The number of fused-ring (bicyclic) bond motifs is 2. The summed E-state index contributed by atoms with van der Waals surface area (Å²) in [7, 11) is 0. The second-order valence-electron chi connectivity index (χ2n) is 10.4. The highest BCUT2D eigenvalue weighted by Gasteiger charge is 2.25. The minimum atomic E-state index is -0.166. The van der Waals surface area contributed by atoms with Crippen molar-refractivity contribution < 1.29 is 9.53 Å². The molecular weight excluding hydrogens is 498 g/mol. The van der Waals surface area contributed by atoms with E-state index in [-0.39, 0.29) is 11.9 Å². The second kappa shape index (κ2) is 10.5. The number of aromatic nitrogens is 3. The van der Waals surface area contributed by atoms with E-state index in [1.165, 1.54) is 22.1 Å². The number of nitrogens with one attached hydrogen (secondary N) is 3. The van der Waals surface area contributed by atoms with Gasteiger partial charge in [0, 0.05) is 57.5 Å². The normalized spacial score (nSPS) is 14.5. The van der Waals surface area contributed by atoms with Crippen molar-refractivity contribution in [3.63, 3.8) is 0 Å². The van der Waals surface area contributed by atoms with Crippen LogP contribution in [0.5, 0.6) is 5.75 Å². The number of pyridine rings is 1. The lowest BCUT2D eigenvalue weighted by molar-refractivity contribution is -0.110. The number of ether oxygens (including phenoxy) is 1. The molecule has 2 aromatic carbocycles. The fourth-order valence-electron chi connectivity index (χ4n) is 5.65. The van der Waals surface area contributed by atoms with Gasteiger partial charge in [0.15, 0.2) is 0 Å². The summed E-state index contributed by atoms with van der Waals surface area (Å²) in [6, 6.07) is 16.0. The van der Waals surface area contributed by atoms with Gasteiger partial charge < -0.3 is 25.8 Å². The van der Waals surface area contributed by atoms with Crippen molar-refractivity contribution in [2.45, 2.75) is 39.7 Å². The summed E-state index contributed by atoms with van der Waals surface area (Å²) in [5, 5.41) is 4.18. The number of hydrogen-bond donors (Lipinski definition) is 4. The average molecular weight is 532 g/mol.